The molecule has 10 heteroatoms. The molecule has 4 N–H and O–H groups in total. The molecule has 0 unspecified atom stereocenters. The van der Waals surface area contributed by atoms with Crippen LogP contribution in [0, 0.1) is 11.6 Å². The molecule has 2 heterocycles. The van der Waals surface area contributed by atoms with Crippen LogP contribution in [0.1, 0.15) is 16.7 Å². The number of aliphatic hydroxyl groups is 4. The average Bonchev–Trinajstić information content (AvgIpc) is 3.16. The molecular formula is C21H21ClF2O7. The van der Waals surface area contributed by atoms with E-state index in [0.29, 0.717) is 5.56 Å². The first-order chi connectivity index (χ1) is 14.7. The van der Waals surface area contributed by atoms with E-state index in [-0.39, 0.29) is 34.9 Å². The fourth-order valence-electron chi connectivity index (χ4n) is 4.07. The summed E-state index contributed by atoms with van der Waals surface area (Å²) in [5, 5.41) is 41.2. The van der Waals surface area contributed by atoms with E-state index >= 15 is 0 Å². The second kappa shape index (κ2) is 7.93. The van der Waals surface area contributed by atoms with E-state index in [0.717, 1.165) is 0 Å². The highest BCUT2D eigenvalue weighted by Gasteiger charge is 2.67. The van der Waals surface area contributed by atoms with Gasteiger partial charge in [-0.2, -0.15) is 4.39 Å². The summed E-state index contributed by atoms with van der Waals surface area (Å²) in [7, 11) is 1.23. The Morgan fingerprint density at radius 2 is 1.84 bits per heavy atom. The van der Waals surface area contributed by atoms with Gasteiger partial charge in [0.05, 0.1) is 20.3 Å². The predicted molar refractivity (Wildman–Crippen MR) is 104 cm³/mol. The van der Waals surface area contributed by atoms with Crippen molar-refractivity contribution in [3.8, 4) is 5.75 Å². The Morgan fingerprint density at radius 3 is 2.52 bits per heavy atom. The third-order valence-electron chi connectivity index (χ3n) is 5.90. The average molecular weight is 459 g/mol. The predicted octanol–water partition coefficient (Wildman–Crippen LogP) is 1.24. The van der Waals surface area contributed by atoms with E-state index in [9.17, 15) is 29.2 Å². The highest BCUT2D eigenvalue weighted by atomic mass is 35.5. The number of halogens is 3. The van der Waals surface area contributed by atoms with Crippen LogP contribution in [0.25, 0.3) is 0 Å². The first-order valence-electron chi connectivity index (χ1n) is 9.48. The molecule has 2 aliphatic heterocycles. The molecule has 0 aliphatic carbocycles. The van der Waals surface area contributed by atoms with Crippen LogP contribution in [0.2, 0.25) is 5.02 Å². The van der Waals surface area contributed by atoms with Crippen molar-refractivity contribution in [2.45, 2.75) is 36.1 Å². The molecule has 2 saturated heterocycles. The number of fused-ring (bicyclic) bond motifs is 2. The van der Waals surface area contributed by atoms with Crippen LogP contribution in [-0.4, -0.2) is 64.7 Å². The largest absolute Gasteiger partial charge is 0.494 e. The van der Waals surface area contributed by atoms with Gasteiger partial charge in [0, 0.05) is 17.0 Å². The van der Waals surface area contributed by atoms with E-state index in [1.54, 1.807) is 0 Å². The van der Waals surface area contributed by atoms with E-state index in [2.05, 4.69) is 0 Å². The van der Waals surface area contributed by atoms with Crippen LogP contribution in [0.5, 0.6) is 5.75 Å². The third-order valence-corrected chi connectivity index (χ3v) is 6.27. The number of hydrogen-bond acceptors (Lipinski definition) is 7. The SMILES string of the molecule is COc1ccc(Cc2cc([C@]34OC[C@](CO)(O3)[C@@H](O)[C@H](O)[C@H]4O)ccc2Cl)c(F)c1F. The topological polar surface area (TPSA) is 109 Å². The van der Waals surface area contributed by atoms with Gasteiger partial charge in [0.25, 0.3) is 0 Å². The van der Waals surface area contributed by atoms with Crippen molar-refractivity contribution in [3.63, 3.8) is 0 Å². The fourth-order valence-corrected chi connectivity index (χ4v) is 4.26. The zero-order valence-corrected chi connectivity index (χ0v) is 17.1. The molecule has 2 aromatic rings. The summed E-state index contributed by atoms with van der Waals surface area (Å²) in [5.74, 6) is -4.32. The molecule has 31 heavy (non-hydrogen) atoms. The van der Waals surface area contributed by atoms with Crippen LogP contribution in [0.3, 0.4) is 0 Å². The Hall–Kier alpha value is -1.85. The van der Waals surface area contributed by atoms with Gasteiger partial charge in [-0.05, 0) is 29.3 Å². The normalized spacial score (nSPS) is 32.3. The smallest absolute Gasteiger partial charge is 0.225 e. The molecule has 5 atom stereocenters. The Kier molecular flexibility index (Phi) is 5.72. The number of ether oxygens (including phenoxy) is 3. The summed E-state index contributed by atoms with van der Waals surface area (Å²) in [6, 6.07) is 7.09. The molecule has 2 bridgehead atoms. The van der Waals surface area contributed by atoms with Gasteiger partial charge in [-0.25, -0.2) is 4.39 Å². The molecule has 7 nitrogen and oxygen atoms in total. The lowest BCUT2D eigenvalue weighted by molar-refractivity contribution is -0.329. The van der Waals surface area contributed by atoms with E-state index in [1.807, 2.05) is 0 Å². The first-order valence-corrected chi connectivity index (χ1v) is 9.86. The monoisotopic (exact) mass is 458 g/mol. The maximum Gasteiger partial charge on any atom is 0.225 e. The summed E-state index contributed by atoms with van der Waals surface area (Å²) in [5.41, 5.74) is -0.995. The second-order valence-electron chi connectivity index (χ2n) is 7.70. The van der Waals surface area contributed by atoms with Crippen molar-refractivity contribution < 1.29 is 43.4 Å². The number of methoxy groups -OCH3 is 1. The molecule has 2 aliphatic rings. The van der Waals surface area contributed by atoms with Crippen molar-refractivity contribution in [1.82, 2.24) is 0 Å². The van der Waals surface area contributed by atoms with Gasteiger partial charge < -0.3 is 34.6 Å². The molecule has 0 radical (unpaired) electrons. The van der Waals surface area contributed by atoms with Crippen LogP contribution >= 0.6 is 11.6 Å². The number of aliphatic hydroxyl groups excluding tert-OH is 4. The maximum absolute atomic E-state index is 14.4. The van der Waals surface area contributed by atoms with Gasteiger partial charge in [-0.1, -0.05) is 23.7 Å². The van der Waals surface area contributed by atoms with Crippen molar-refractivity contribution >= 4 is 11.6 Å². The van der Waals surface area contributed by atoms with E-state index in [4.69, 9.17) is 25.8 Å². The van der Waals surface area contributed by atoms with Crippen molar-refractivity contribution in [2.75, 3.05) is 20.3 Å². The molecular weight excluding hydrogens is 438 g/mol. The van der Waals surface area contributed by atoms with Crippen LogP contribution in [-0.2, 0) is 21.7 Å². The first kappa shape index (κ1) is 22.3. The quantitative estimate of drug-likeness (QED) is 0.534. The van der Waals surface area contributed by atoms with Crippen molar-refractivity contribution in [2.24, 2.45) is 0 Å². The van der Waals surface area contributed by atoms with E-state index < -0.39 is 47.9 Å². The Morgan fingerprint density at radius 1 is 1.10 bits per heavy atom. The van der Waals surface area contributed by atoms with Gasteiger partial charge in [-0.3, -0.25) is 0 Å². The highest BCUT2D eigenvalue weighted by Crippen LogP contribution is 2.49. The minimum Gasteiger partial charge on any atom is -0.494 e. The molecule has 168 valence electrons. The van der Waals surface area contributed by atoms with Crippen LogP contribution < -0.4 is 4.74 Å². The Labute approximate surface area is 181 Å². The van der Waals surface area contributed by atoms with Crippen LogP contribution in [0.4, 0.5) is 8.78 Å². The molecule has 0 amide bonds. The summed E-state index contributed by atoms with van der Waals surface area (Å²) in [6.07, 6.45) is -5.02. The van der Waals surface area contributed by atoms with Crippen molar-refractivity contribution in [1.29, 1.82) is 0 Å². The number of hydrogen-bond donors (Lipinski definition) is 4. The van der Waals surface area contributed by atoms with E-state index in [1.165, 1.54) is 37.4 Å². The zero-order valence-electron chi connectivity index (χ0n) is 16.4. The van der Waals surface area contributed by atoms with Gasteiger partial charge in [0.1, 0.15) is 23.9 Å². The summed E-state index contributed by atoms with van der Waals surface area (Å²) >= 11 is 6.26. The Bertz CT molecular complexity index is 1010. The second-order valence-corrected chi connectivity index (χ2v) is 8.11. The highest BCUT2D eigenvalue weighted by molar-refractivity contribution is 6.31. The molecule has 4 rings (SSSR count). The Balaban J connectivity index is 1.73. The summed E-state index contributed by atoms with van der Waals surface area (Å²) < 4.78 is 44.8. The standard InChI is InChI=1S/C21H21ClF2O7/c1-29-14-5-2-10(15(23)16(14)24)6-11-7-12(3-4-13(11)22)21-19(28)17(26)18(27)20(8-25,31-21)9-30-21/h2-5,7,17-19,25-28H,6,8-9H2,1H3/t17-,18-,19+,20-,21-/m0/s1. The van der Waals surface area contributed by atoms with Gasteiger partial charge in [-0.15, -0.1) is 0 Å². The van der Waals surface area contributed by atoms with Gasteiger partial charge >= 0.3 is 0 Å². The minimum atomic E-state index is -1.88. The van der Waals surface area contributed by atoms with Crippen molar-refractivity contribution in [3.05, 3.63) is 63.7 Å². The number of benzene rings is 2. The zero-order chi connectivity index (χ0) is 22.6. The molecule has 2 fully saturated rings. The van der Waals surface area contributed by atoms with Gasteiger partial charge in [0.15, 0.2) is 11.6 Å². The van der Waals surface area contributed by atoms with Crippen LogP contribution in [0.15, 0.2) is 30.3 Å². The minimum absolute atomic E-state index is 0.0208. The number of rotatable bonds is 5. The molecule has 0 aromatic heterocycles. The molecule has 0 spiro atoms. The summed E-state index contributed by atoms with van der Waals surface area (Å²) in [6.45, 7) is -0.939. The molecule has 2 aromatic carbocycles. The fraction of sp³-hybridized carbons (Fsp3) is 0.429. The lowest BCUT2D eigenvalue weighted by atomic mass is 9.83. The lowest BCUT2D eigenvalue weighted by Gasteiger charge is -2.46. The third kappa shape index (κ3) is 3.32. The molecule has 0 saturated carbocycles. The van der Waals surface area contributed by atoms with Gasteiger partial charge in [0.2, 0.25) is 11.6 Å². The maximum atomic E-state index is 14.4. The lowest BCUT2D eigenvalue weighted by Crippen LogP contribution is -2.65. The summed E-state index contributed by atoms with van der Waals surface area (Å²) in [4.78, 5) is 0.